The van der Waals surface area contributed by atoms with Crippen molar-refractivity contribution in [3.05, 3.63) is 69.6 Å². The predicted octanol–water partition coefficient (Wildman–Crippen LogP) is 4.46. The number of nitriles is 1. The molecular weight excluding hydrogens is 585 g/mol. The second kappa shape index (κ2) is 9.85. The lowest BCUT2D eigenvalue weighted by Gasteiger charge is -2.56. The summed E-state index contributed by atoms with van der Waals surface area (Å²) in [5.74, 6) is -2.11. The van der Waals surface area contributed by atoms with E-state index in [9.17, 15) is 36.4 Å². The summed E-state index contributed by atoms with van der Waals surface area (Å²) < 4.78 is 64.2. The van der Waals surface area contributed by atoms with Crippen LogP contribution in [0, 0.1) is 18.3 Å². The molecule has 0 saturated carbocycles. The number of hydrogen-bond acceptors (Lipinski definition) is 7. The molecule has 2 amide bonds. The van der Waals surface area contributed by atoms with Crippen LogP contribution < -0.4 is 10.6 Å². The van der Waals surface area contributed by atoms with Gasteiger partial charge in [0.1, 0.15) is 5.69 Å². The van der Waals surface area contributed by atoms with Crippen LogP contribution >= 0.6 is 11.6 Å². The van der Waals surface area contributed by atoms with E-state index in [2.05, 4.69) is 20.7 Å². The van der Waals surface area contributed by atoms with Crippen molar-refractivity contribution >= 4 is 38.9 Å². The lowest BCUT2D eigenvalue weighted by atomic mass is 9.88. The number of carbonyl (C=O) groups is 2. The predicted molar refractivity (Wildman–Crippen MR) is 144 cm³/mol. The molecule has 41 heavy (non-hydrogen) atoms. The average molecular weight is 609 g/mol. The van der Waals surface area contributed by atoms with E-state index >= 15 is 0 Å². The summed E-state index contributed by atoms with van der Waals surface area (Å²) in [6, 6.07) is 6.97. The minimum absolute atomic E-state index is 0.0649. The van der Waals surface area contributed by atoms with Crippen LogP contribution in [0.5, 0.6) is 0 Å². The summed E-state index contributed by atoms with van der Waals surface area (Å²) in [6.45, 7) is 7.38. The fraction of sp³-hybridized carbons (Fsp3) is 0.346. The molecule has 1 aliphatic heterocycles. The monoisotopic (exact) mass is 608 g/mol. The summed E-state index contributed by atoms with van der Waals surface area (Å²) in [5, 5.41) is 18.0. The molecule has 2 N–H and O–H groups in total. The van der Waals surface area contributed by atoms with Crippen molar-refractivity contribution in [3.8, 4) is 11.9 Å². The van der Waals surface area contributed by atoms with Gasteiger partial charge < -0.3 is 10.6 Å². The van der Waals surface area contributed by atoms with Gasteiger partial charge in [0.15, 0.2) is 21.3 Å². The van der Waals surface area contributed by atoms with Gasteiger partial charge in [0.05, 0.1) is 43.4 Å². The van der Waals surface area contributed by atoms with Gasteiger partial charge in [-0.3, -0.25) is 9.59 Å². The van der Waals surface area contributed by atoms with Gasteiger partial charge in [-0.05, 0) is 64.4 Å². The molecule has 0 spiro atoms. The number of aromatic nitrogens is 3. The zero-order valence-electron chi connectivity index (χ0n) is 22.4. The fourth-order valence-corrected chi connectivity index (χ4v) is 7.77. The van der Waals surface area contributed by atoms with E-state index in [0.29, 0.717) is 10.7 Å². The molecule has 4 rings (SSSR count). The van der Waals surface area contributed by atoms with E-state index in [1.54, 1.807) is 0 Å². The molecule has 1 saturated heterocycles. The SMILES string of the molecule is Cc1cc(C#N)cc(C(=O)NC2C(C)(C)S(=O)(=O)C2(C)C)c1NC(=O)c1cc(C(F)(F)F)nn1-c1ncccc1Cl. The summed E-state index contributed by atoms with van der Waals surface area (Å²) in [5.41, 5.74) is -1.94. The van der Waals surface area contributed by atoms with Crippen molar-refractivity contribution in [2.75, 3.05) is 5.32 Å². The number of nitrogens with one attached hydrogen (secondary N) is 2. The van der Waals surface area contributed by atoms with Gasteiger partial charge in [0.2, 0.25) is 0 Å². The summed E-state index contributed by atoms with van der Waals surface area (Å²) >= 11 is 6.12. The molecule has 1 aliphatic rings. The van der Waals surface area contributed by atoms with Gasteiger partial charge >= 0.3 is 6.18 Å². The molecular formula is C26H24ClF3N6O4S. The summed E-state index contributed by atoms with van der Waals surface area (Å²) in [4.78, 5) is 30.9. The van der Waals surface area contributed by atoms with Crippen LogP contribution in [-0.4, -0.2) is 50.5 Å². The van der Waals surface area contributed by atoms with Crippen LogP contribution in [0.1, 0.15) is 65.4 Å². The van der Waals surface area contributed by atoms with Crippen LogP contribution in [0.25, 0.3) is 5.82 Å². The Hall–Kier alpha value is -3.96. The van der Waals surface area contributed by atoms with E-state index in [1.807, 2.05) is 6.07 Å². The highest BCUT2D eigenvalue weighted by Gasteiger charge is 2.67. The quantitative estimate of drug-likeness (QED) is 0.435. The molecule has 0 aliphatic carbocycles. The molecule has 3 heterocycles. The Morgan fingerprint density at radius 3 is 2.32 bits per heavy atom. The van der Waals surface area contributed by atoms with Crippen LogP contribution in [0.3, 0.4) is 0 Å². The van der Waals surface area contributed by atoms with Crippen molar-refractivity contribution in [1.82, 2.24) is 20.1 Å². The Bertz CT molecular complexity index is 1720. The van der Waals surface area contributed by atoms with Gasteiger partial charge in [-0.25, -0.2) is 18.1 Å². The number of anilines is 1. The van der Waals surface area contributed by atoms with E-state index in [1.165, 1.54) is 65.1 Å². The third-order valence-electron chi connectivity index (χ3n) is 7.17. The van der Waals surface area contributed by atoms with Gasteiger partial charge in [-0.2, -0.15) is 23.5 Å². The standard InChI is InChI=1S/C26H24ClF3N6O4S/c1-13-9-14(12-31)10-15(21(37)34-23-24(2,3)41(39,40)25(23,4)5)19(13)33-22(38)17-11-18(26(28,29)30)35-36(17)20-16(27)7-6-8-32-20/h6-11,23H,1-5H3,(H,33,38)(H,34,37). The first-order chi connectivity index (χ1) is 18.8. The number of benzene rings is 1. The van der Waals surface area contributed by atoms with Crippen LogP contribution in [0.15, 0.2) is 36.5 Å². The fourth-order valence-electron chi connectivity index (χ4n) is 5.07. The number of carbonyl (C=O) groups excluding carboxylic acids is 2. The normalized spacial score (nSPS) is 17.3. The smallest absolute Gasteiger partial charge is 0.346 e. The van der Waals surface area contributed by atoms with Gasteiger partial charge in [0.25, 0.3) is 11.8 Å². The molecule has 0 unspecified atom stereocenters. The average Bonchev–Trinajstić information content (AvgIpc) is 3.34. The Kier molecular flexibility index (Phi) is 7.21. The Labute approximate surface area is 238 Å². The molecule has 10 nitrogen and oxygen atoms in total. The van der Waals surface area contributed by atoms with Crippen molar-refractivity contribution in [2.45, 2.75) is 56.3 Å². The molecule has 0 bridgehead atoms. The number of halogens is 4. The highest BCUT2D eigenvalue weighted by atomic mass is 35.5. The van der Waals surface area contributed by atoms with Gasteiger partial charge in [-0.15, -0.1) is 0 Å². The van der Waals surface area contributed by atoms with E-state index in [-0.39, 0.29) is 33.2 Å². The van der Waals surface area contributed by atoms with E-state index in [4.69, 9.17) is 11.6 Å². The molecule has 216 valence electrons. The van der Waals surface area contributed by atoms with Crippen LogP contribution in [0.2, 0.25) is 5.02 Å². The minimum Gasteiger partial charge on any atom is -0.346 e. The van der Waals surface area contributed by atoms with Crippen molar-refractivity contribution in [1.29, 1.82) is 5.26 Å². The number of sulfone groups is 1. The highest BCUT2D eigenvalue weighted by Crippen LogP contribution is 2.48. The van der Waals surface area contributed by atoms with E-state index < -0.39 is 54.8 Å². The first-order valence-electron chi connectivity index (χ1n) is 12.0. The maximum Gasteiger partial charge on any atom is 0.435 e. The maximum atomic E-state index is 13.6. The number of pyridine rings is 1. The topological polar surface area (TPSA) is 147 Å². The number of hydrogen-bond donors (Lipinski definition) is 2. The van der Waals surface area contributed by atoms with Gasteiger partial charge in [-0.1, -0.05) is 11.6 Å². The third-order valence-corrected chi connectivity index (χ3v) is 10.7. The van der Waals surface area contributed by atoms with Gasteiger partial charge in [0, 0.05) is 12.3 Å². The summed E-state index contributed by atoms with van der Waals surface area (Å²) in [7, 11) is -3.60. The molecule has 3 aromatic rings. The van der Waals surface area contributed by atoms with Crippen molar-refractivity contribution in [3.63, 3.8) is 0 Å². The first-order valence-corrected chi connectivity index (χ1v) is 13.9. The Morgan fingerprint density at radius 1 is 1.12 bits per heavy atom. The second-order valence-electron chi connectivity index (χ2n) is 10.5. The number of rotatable bonds is 5. The molecule has 1 fully saturated rings. The van der Waals surface area contributed by atoms with Crippen molar-refractivity contribution < 1.29 is 31.2 Å². The number of nitrogens with zero attached hydrogens (tertiary/aromatic N) is 4. The lowest BCUT2D eigenvalue weighted by molar-refractivity contribution is -0.141. The summed E-state index contributed by atoms with van der Waals surface area (Å²) in [6.07, 6.45) is -3.64. The number of alkyl halides is 3. The zero-order valence-corrected chi connectivity index (χ0v) is 24.0. The minimum atomic E-state index is -4.90. The lowest BCUT2D eigenvalue weighted by Crippen LogP contribution is -2.77. The molecule has 0 radical (unpaired) electrons. The Morgan fingerprint density at radius 2 is 1.76 bits per heavy atom. The van der Waals surface area contributed by atoms with Crippen LogP contribution in [0.4, 0.5) is 18.9 Å². The maximum absolute atomic E-state index is 13.6. The zero-order chi connectivity index (χ0) is 30.7. The molecule has 1 aromatic carbocycles. The second-order valence-corrected chi connectivity index (χ2v) is 14.1. The Balaban J connectivity index is 1.77. The number of aryl methyl sites for hydroxylation is 1. The molecule has 2 aromatic heterocycles. The van der Waals surface area contributed by atoms with E-state index in [0.717, 1.165) is 0 Å². The molecule has 15 heteroatoms. The third kappa shape index (κ3) is 4.82. The molecule has 0 atom stereocenters. The highest BCUT2D eigenvalue weighted by molar-refractivity contribution is 7.95. The van der Waals surface area contributed by atoms with Crippen molar-refractivity contribution in [2.24, 2.45) is 0 Å². The van der Waals surface area contributed by atoms with Crippen LogP contribution in [-0.2, 0) is 16.0 Å². The largest absolute Gasteiger partial charge is 0.435 e. The first kappa shape index (κ1) is 30.0. The number of amides is 2.